The number of ether oxygens (including phenoxy) is 1. The largest absolute Gasteiger partial charge is 0.465 e. The van der Waals surface area contributed by atoms with Gasteiger partial charge >= 0.3 is 5.97 Å². The first-order chi connectivity index (χ1) is 12.6. The van der Waals surface area contributed by atoms with Crippen molar-refractivity contribution in [1.29, 1.82) is 0 Å². The molecule has 3 aromatic rings. The number of nitrogens with zero attached hydrogens (tertiary/aromatic N) is 5. The molecule has 0 amide bonds. The minimum Gasteiger partial charge on any atom is -0.465 e. The maximum atomic E-state index is 11.5. The summed E-state index contributed by atoms with van der Waals surface area (Å²) in [4.78, 5) is 26.2. The number of hydrogen-bond donors (Lipinski definition) is 0. The highest BCUT2D eigenvalue weighted by molar-refractivity contribution is 5.89. The summed E-state index contributed by atoms with van der Waals surface area (Å²) in [7, 11) is 3.31. The SMILES string of the molecule is COC(=O)c1ccc(-c2noc(CN(C)C(C)c3ccncn3)n2)cc1. The van der Waals surface area contributed by atoms with Crippen molar-refractivity contribution in [2.75, 3.05) is 14.2 Å². The smallest absolute Gasteiger partial charge is 0.337 e. The molecule has 1 unspecified atom stereocenters. The van der Waals surface area contributed by atoms with E-state index in [1.165, 1.54) is 13.4 Å². The Bertz CT molecular complexity index is 864. The number of rotatable bonds is 6. The van der Waals surface area contributed by atoms with E-state index < -0.39 is 0 Å². The number of benzene rings is 1. The van der Waals surface area contributed by atoms with Gasteiger partial charge in [0.2, 0.25) is 11.7 Å². The maximum Gasteiger partial charge on any atom is 0.337 e. The molecule has 26 heavy (non-hydrogen) atoms. The Balaban J connectivity index is 1.69. The third kappa shape index (κ3) is 3.92. The zero-order valence-electron chi connectivity index (χ0n) is 14.8. The van der Waals surface area contributed by atoms with Gasteiger partial charge in [0, 0.05) is 17.8 Å². The van der Waals surface area contributed by atoms with Gasteiger partial charge in [-0.25, -0.2) is 14.8 Å². The second-order valence-corrected chi connectivity index (χ2v) is 5.81. The van der Waals surface area contributed by atoms with Crippen LogP contribution in [0, 0.1) is 0 Å². The fourth-order valence-electron chi connectivity index (χ4n) is 2.43. The van der Waals surface area contributed by atoms with Crippen LogP contribution in [0.3, 0.4) is 0 Å². The number of hydrogen-bond acceptors (Lipinski definition) is 8. The molecule has 0 radical (unpaired) electrons. The Morgan fingerprint density at radius 3 is 2.69 bits per heavy atom. The van der Waals surface area contributed by atoms with Crippen LogP contribution in [-0.2, 0) is 11.3 Å². The minimum absolute atomic E-state index is 0.0766. The fraction of sp³-hybridized carbons (Fsp3) is 0.278. The average Bonchev–Trinajstić information content (AvgIpc) is 3.16. The summed E-state index contributed by atoms with van der Waals surface area (Å²) >= 11 is 0. The summed E-state index contributed by atoms with van der Waals surface area (Å²) < 4.78 is 10.0. The molecule has 2 aromatic heterocycles. The molecule has 0 aliphatic heterocycles. The van der Waals surface area contributed by atoms with Crippen LogP contribution in [0.4, 0.5) is 0 Å². The van der Waals surface area contributed by atoms with Gasteiger partial charge in [-0.05, 0) is 32.2 Å². The summed E-state index contributed by atoms with van der Waals surface area (Å²) in [6, 6.07) is 8.81. The Morgan fingerprint density at radius 2 is 2.04 bits per heavy atom. The van der Waals surface area contributed by atoms with Crippen molar-refractivity contribution in [2.24, 2.45) is 0 Å². The lowest BCUT2D eigenvalue weighted by Gasteiger charge is -2.22. The molecule has 0 aliphatic carbocycles. The molecule has 0 fully saturated rings. The number of methoxy groups -OCH3 is 1. The molecule has 0 aliphatic rings. The number of carbonyl (C=O) groups is 1. The van der Waals surface area contributed by atoms with Crippen molar-refractivity contribution in [2.45, 2.75) is 19.5 Å². The molecule has 8 nitrogen and oxygen atoms in total. The Kier molecular flexibility index (Phi) is 5.33. The highest BCUT2D eigenvalue weighted by Gasteiger charge is 2.17. The van der Waals surface area contributed by atoms with E-state index in [2.05, 4.69) is 29.7 Å². The predicted octanol–water partition coefficient (Wildman–Crippen LogP) is 2.51. The second kappa shape index (κ2) is 7.83. The van der Waals surface area contributed by atoms with Crippen molar-refractivity contribution in [3.05, 3.63) is 60.0 Å². The third-order valence-corrected chi connectivity index (χ3v) is 4.11. The zero-order valence-corrected chi connectivity index (χ0v) is 14.8. The lowest BCUT2D eigenvalue weighted by molar-refractivity contribution is 0.0601. The minimum atomic E-state index is -0.384. The molecule has 3 rings (SSSR count). The van der Waals surface area contributed by atoms with Gasteiger partial charge in [-0.15, -0.1) is 0 Å². The van der Waals surface area contributed by atoms with Crippen molar-refractivity contribution < 1.29 is 14.1 Å². The molecule has 1 atom stereocenters. The summed E-state index contributed by atoms with van der Waals surface area (Å²) in [5.41, 5.74) is 2.15. The molecule has 0 N–H and O–H groups in total. The molecule has 1 aromatic carbocycles. The van der Waals surface area contributed by atoms with E-state index in [4.69, 9.17) is 4.52 Å². The van der Waals surface area contributed by atoms with E-state index in [1.54, 1.807) is 30.5 Å². The maximum absolute atomic E-state index is 11.5. The van der Waals surface area contributed by atoms with Crippen LogP contribution < -0.4 is 0 Å². The first kappa shape index (κ1) is 17.7. The number of aromatic nitrogens is 4. The van der Waals surface area contributed by atoms with Crippen molar-refractivity contribution >= 4 is 5.97 Å². The fourth-order valence-corrected chi connectivity index (χ4v) is 2.43. The van der Waals surface area contributed by atoms with Crippen molar-refractivity contribution in [3.8, 4) is 11.4 Å². The summed E-state index contributed by atoms with van der Waals surface area (Å²) in [6.07, 6.45) is 3.25. The number of carbonyl (C=O) groups excluding carboxylic acids is 1. The van der Waals surface area contributed by atoms with Gasteiger partial charge < -0.3 is 9.26 Å². The van der Waals surface area contributed by atoms with E-state index in [-0.39, 0.29) is 12.0 Å². The van der Waals surface area contributed by atoms with E-state index in [9.17, 15) is 4.79 Å². The van der Waals surface area contributed by atoms with Crippen LogP contribution in [0.2, 0.25) is 0 Å². The quantitative estimate of drug-likeness (QED) is 0.624. The molecule has 0 saturated heterocycles. The van der Waals surface area contributed by atoms with Crippen LogP contribution in [0.5, 0.6) is 0 Å². The van der Waals surface area contributed by atoms with Gasteiger partial charge in [-0.1, -0.05) is 17.3 Å². The lowest BCUT2D eigenvalue weighted by atomic mass is 10.1. The Hall–Kier alpha value is -3.13. The van der Waals surface area contributed by atoms with Gasteiger partial charge in [-0.2, -0.15) is 4.98 Å². The molecule has 134 valence electrons. The first-order valence-corrected chi connectivity index (χ1v) is 8.06. The van der Waals surface area contributed by atoms with Crippen LogP contribution in [0.25, 0.3) is 11.4 Å². The van der Waals surface area contributed by atoms with E-state index in [1.807, 2.05) is 20.0 Å². The highest BCUT2D eigenvalue weighted by Crippen LogP contribution is 2.20. The van der Waals surface area contributed by atoms with Gasteiger partial charge in [0.05, 0.1) is 24.9 Å². The van der Waals surface area contributed by atoms with E-state index in [0.717, 1.165) is 11.3 Å². The average molecular weight is 353 g/mol. The number of esters is 1. The summed E-state index contributed by atoms with van der Waals surface area (Å²) in [5, 5.41) is 4.01. The molecule has 0 bridgehead atoms. The van der Waals surface area contributed by atoms with Crippen LogP contribution in [0.1, 0.15) is 34.9 Å². The molecular weight excluding hydrogens is 334 g/mol. The Morgan fingerprint density at radius 1 is 1.27 bits per heavy atom. The summed E-state index contributed by atoms with van der Waals surface area (Å²) in [5.74, 6) is 0.589. The zero-order chi connectivity index (χ0) is 18.5. The van der Waals surface area contributed by atoms with Gasteiger partial charge in [-0.3, -0.25) is 4.90 Å². The van der Waals surface area contributed by atoms with Gasteiger partial charge in [0.25, 0.3) is 0 Å². The second-order valence-electron chi connectivity index (χ2n) is 5.81. The topological polar surface area (TPSA) is 94.2 Å². The van der Waals surface area contributed by atoms with E-state index in [0.29, 0.717) is 23.8 Å². The van der Waals surface area contributed by atoms with E-state index >= 15 is 0 Å². The van der Waals surface area contributed by atoms with Crippen molar-refractivity contribution in [1.82, 2.24) is 25.0 Å². The van der Waals surface area contributed by atoms with Gasteiger partial charge in [0.15, 0.2) is 0 Å². The van der Waals surface area contributed by atoms with Crippen LogP contribution in [-0.4, -0.2) is 45.1 Å². The van der Waals surface area contributed by atoms with Crippen LogP contribution >= 0.6 is 0 Å². The van der Waals surface area contributed by atoms with Gasteiger partial charge in [0.1, 0.15) is 6.33 Å². The molecule has 8 heteroatoms. The molecular formula is C18H19N5O3. The third-order valence-electron chi connectivity index (χ3n) is 4.11. The summed E-state index contributed by atoms with van der Waals surface area (Å²) in [6.45, 7) is 2.53. The molecule has 2 heterocycles. The normalized spacial score (nSPS) is 12.2. The monoisotopic (exact) mass is 353 g/mol. The molecule has 0 saturated carbocycles. The molecule has 0 spiro atoms. The lowest BCUT2D eigenvalue weighted by Crippen LogP contribution is -2.22. The standard InChI is InChI=1S/C18H19N5O3/c1-12(15-8-9-19-11-20-15)23(2)10-16-21-17(22-26-16)13-4-6-14(7-5-13)18(24)25-3/h4-9,11-12H,10H2,1-3H3. The highest BCUT2D eigenvalue weighted by atomic mass is 16.5. The van der Waals surface area contributed by atoms with Crippen LogP contribution in [0.15, 0.2) is 47.4 Å². The van der Waals surface area contributed by atoms with Crippen molar-refractivity contribution in [3.63, 3.8) is 0 Å². The predicted molar refractivity (Wildman–Crippen MR) is 93.0 cm³/mol. The Labute approximate surface area is 150 Å². The first-order valence-electron chi connectivity index (χ1n) is 8.06.